The quantitative estimate of drug-likeness (QED) is 0.273. The third-order valence-corrected chi connectivity index (χ3v) is 4.05. The van der Waals surface area contributed by atoms with Crippen molar-refractivity contribution < 1.29 is 18.8 Å². The van der Waals surface area contributed by atoms with E-state index in [9.17, 15) is 4.79 Å². The third-order valence-electron chi connectivity index (χ3n) is 4.05. The van der Waals surface area contributed by atoms with Crippen molar-refractivity contribution in [3.05, 3.63) is 48.6 Å². The van der Waals surface area contributed by atoms with E-state index in [1.54, 1.807) is 0 Å². The van der Waals surface area contributed by atoms with Gasteiger partial charge in [-0.05, 0) is 13.8 Å². The summed E-state index contributed by atoms with van der Waals surface area (Å²) in [6, 6.07) is 10.6. The van der Waals surface area contributed by atoms with Gasteiger partial charge < -0.3 is 14.0 Å². The Morgan fingerprint density at radius 2 is 1.82 bits per heavy atom. The normalized spacial score (nSPS) is 11.2. The van der Waals surface area contributed by atoms with E-state index in [0.717, 1.165) is 36.7 Å². The van der Waals surface area contributed by atoms with Crippen molar-refractivity contribution in [3.63, 3.8) is 0 Å². The summed E-state index contributed by atoms with van der Waals surface area (Å²) in [6.45, 7) is 13.3. The summed E-state index contributed by atoms with van der Waals surface area (Å²) in [7, 11) is 0. The summed E-state index contributed by atoms with van der Waals surface area (Å²) < 4.78 is 11.5. The lowest BCUT2D eigenvalue weighted by Crippen LogP contribution is -2.49. The molecule has 0 spiro atoms. The number of hydrogen-bond donors (Lipinski definition) is 0. The standard InChI is InChI=1S/C18H28NO3/c1-4-18(20)22-15-14-21-13-12-19(5-2,6-3)16-17-10-8-7-9-11-17/h4,7-11H,1,5-6,12-16H2,2-3H3/q+1. The van der Waals surface area contributed by atoms with Gasteiger partial charge in [-0.1, -0.05) is 36.9 Å². The van der Waals surface area contributed by atoms with Crippen molar-refractivity contribution in [1.29, 1.82) is 0 Å². The number of carbonyl (C=O) groups is 1. The highest BCUT2D eigenvalue weighted by atomic mass is 16.6. The molecular weight excluding hydrogens is 278 g/mol. The van der Waals surface area contributed by atoms with Crippen LogP contribution in [0.4, 0.5) is 0 Å². The molecule has 0 aliphatic carbocycles. The highest BCUT2D eigenvalue weighted by Crippen LogP contribution is 2.14. The molecule has 0 atom stereocenters. The molecule has 0 saturated heterocycles. The fourth-order valence-corrected chi connectivity index (χ4v) is 2.43. The summed E-state index contributed by atoms with van der Waals surface area (Å²) in [5, 5.41) is 0. The van der Waals surface area contributed by atoms with Crippen LogP contribution in [-0.2, 0) is 20.8 Å². The molecule has 1 rings (SSSR count). The molecule has 0 aromatic heterocycles. The third kappa shape index (κ3) is 6.41. The average molecular weight is 306 g/mol. The second-order valence-corrected chi connectivity index (χ2v) is 5.33. The molecule has 0 fully saturated rings. The molecule has 1 aromatic rings. The largest absolute Gasteiger partial charge is 0.460 e. The van der Waals surface area contributed by atoms with Crippen molar-refractivity contribution in [2.45, 2.75) is 20.4 Å². The monoisotopic (exact) mass is 306 g/mol. The van der Waals surface area contributed by atoms with Gasteiger partial charge in [-0.15, -0.1) is 0 Å². The Morgan fingerprint density at radius 1 is 1.14 bits per heavy atom. The van der Waals surface area contributed by atoms with Crippen LogP contribution in [0.15, 0.2) is 43.0 Å². The van der Waals surface area contributed by atoms with E-state index in [4.69, 9.17) is 9.47 Å². The topological polar surface area (TPSA) is 35.5 Å². The molecule has 0 radical (unpaired) electrons. The van der Waals surface area contributed by atoms with Crippen LogP contribution in [0.2, 0.25) is 0 Å². The van der Waals surface area contributed by atoms with Crippen LogP contribution >= 0.6 is 0 Å². The Kier molecular flexibility index (Phi) is 8.48. The Balaban J connectivity index is 2.37. The number of carbonyl (C=O) groups excluding carboxylic acids is 1. The van der Waals surface area contributed by atoms with Crippen LogP contribution in [-0.4, -0.2) is 49.9 Å². The number of benzene rings is 1. The van der Waals surface area contributed by atoms with Gasteiger partial charge in [0.05, 0.1) is 26.3 Å². The predicted octanol–water partition coefficient (Wildman–Crippen LogP) is 2.79. The van der Waals surface area contributed by atoms with E-state index >= 15 is 0 Å². The van der Waals surface area contributed by atoms with Gasteiger partial charge in [0.2, 0.25) is 0 Å². The van der Waals surface area contributed by atoms with E-state index in [2.05, 4.69) is 44.7 Å². The minimum atomic E-state index is -0.403. The van der Waals surface area contributed by atoms with E-state index < -0.39 is 5.97 Å². The van der Waals surface area contributed by atoms with Gasteiger partial charge >= 0.3 is 5.97 Å². The number of likely N-dealkylation sites (N-methyl/N-ethyl adjacent to an activating group) is 1. The summed E-state index contributed by atoms with van der Waals surface area (Å²) in [5.74, 6) is -0.403. The molecule has 0 saturated carbocycles. The fraction of sp³-hybridized carbons (Fsp3) is 0.500. The van der Waals surface area contributed by atoms with Crippen molar-refractivity contribution in [2.24, 2.45) is 0 Å². The van der Waals surface area contributed by atoms with Gasteiger partial charge in [0.25, 0.3) is 0 Å². The van der Waals surface area contributed by atoms with Crippen LogP contribution in [0, 0.1) is 0 Å². The van der Waals surface area contributed by atoms with Crippen molar-refractivity contribution in [1.82, 2.24) is 0 Å². The predicted molar refractivity (Wildman–Crippen MR) is 88.3 cm³/mol. The van der Waals surface area contributed by atoms with Gasteiger partial charge in [0.1, 0.15) is 19.7 Å². The Labute approximate surface area is 133 Å². The molecule has 1 aromatic carbocycles. The molecule has 4 heteroatoms. The molecule has 0 heterocycles. The van der Waals surface area contributed by atoms with Gasteiger partial charge in [-0.25, -0.2) is 4.79 Å². The number of nitrogens with zero attached hydrogens (tertiary/aromatic N) is 1. The van der Waals surface area contributed by atoms with Crippen LogP contribution in [0.25, 0.3) is 0 Å². The van der Waals surface area contributed by atoms with E-state index in [0.29, 0.717) is 13.2 Å². The molecule has 0 aliphatic rings. The minimum Gasteiger partial charge on any atom is -0.460 e. The van der Waals surface area contributed by atoms with Crippen molar-refractivity contribution >= 4 is 5.97 Å². The second kappa shape index (κ2) is 10.1. The molecule has 0 amide bonds. The summed E-state index contributed by atoms with van der Waals surface area (Å²) in [5.41, 5.74) is 1.35. The zero-order valence-corrected chi connectivity index (χ0v) is 13.8. The zero-order valence-electron chi connectivity index (χ0n) is 13.8. The molecule has 22 heavy (non-hydrogen) atoms. The second-order valence-electron chi connectivity index (χ2n) is 5.33. The zero-order chi connectivity index (χ0) is 16.3. The van der Waals surface area contributed by atoms with E-state index in [-0.39, 0.29) is 6.61 Å². The molecule has 0 unspecified atom stereocenters. The molecule has 122 valence electrons. The van der Waals surface area contributed by atoms with Gasteiger partial charge in [-0.2, -0.15) is 0 Å². The van der Waals surface area contributed by atoms with Gasteiger partial charge in [0.15, 0.2) is 0 Å². The van der Waals surface area contributed by atoms with Crippen molar-refractivity contribution in [3.8, 4) is 0 Å². The first-order valence-corrected chi connectivity index (χ1v) is 7.91. The van der Waals surface area contributed by atoms with Crippen LogP contribution in [0.5, 0.6) is 0 Å². The Bertz CT molecular complexity index is 441. The highest BCUT2D eigenvalue weighted by molar-refractivity contribution is 5.81. The molecule has 4 nitrogen and oxygen atoms in total. The van der Waals surface area contributed by atoms with E-state index in [1.807, 2.05) is 6.07 Å². The average Bonchev–Trinajstić information content (AvgIpc) is 2.57. The van der Waals surface area contributed by atoms with Gasteiger partial charge in [-0.3, -0.25) is 0 Å². The van der Waals surface area contributed by atoms with E-state index in [1.165, 1.54) is 5.56 Å². The minimum absolute atomic E-state index is 0.280. The maximum atomic E-state index is 10.9. The lowest BCUT2D eigenvalue weighted by atomic mass is 10.2. The molecule has 0 aliphatic heterocycles. The lowest BCUT2D eigenvalue weighted by Gasteiger charge is -2.37. The Hall–Kier alpha value is -1.65. The number of ether oxygens (including phenoxy) is 2. The number of esters is 1. The number of rotatable bonds is 11. The van der Waals surface area contributed by atoms with Crippen molar-refractivity contribution in [2.75, 3.05) is 39.5 Å². The number of quaternary nitrogens is 1. The lowest BCUT2D eigenvalue weighted by molar-refractivity contribution is -0.938. The highest BCUT2D eigenvalue weighted by Gasteiger charge is 2.23. The van der Waals surface area contributed by atoms with Crippen LogP contribution in [0.3, 0.4) is 0 Å². The fourth-order valence-electron chi connectivity index (χ4n) is 2.43. The smallest absolute Gasteiger partial charge is 0.330 e. The summed E-state index contributed by atoms with van der Waals surface area (Å²) in [4.78, 5) is 10.9. The SMILES string of the molecule is C=CC(=O)OCCOCC[N+](CC)(CC)Cc1ccccc1. The molecule has 0 N–H and O–H groups in total. The first kappa shape index (κ1) is 18.4. The van der Waals surface area contributed by atoms with Gasteiger partial charge in [0, 0.05) is 11.6 Å². The summed E-state index contributed by atoms with van der Waals surface area (Å²) >= 11 is 0. The van der Waals surface area contributed by atoms with Crippen LogP contribution < -0.4 is 0 Å². The molecule has 0 bridgehead atoms. The summed E-state index contributed by atoms with van der Waals surface area (Å²) in [6.07, 6.45) is 1.16. The maximum absolute atomic E-state index is 10.9. The Morgan fingerprint density at radius 3 is 2.41 bits per heavy atom. The number of hydrogen-bond acceptors (Lipinski definition) is 3. The first-order chi connectivity index (χ1) is 10.7. The van der Waals surface area contributed by atoms with Crippen LogP contribution in [0.1, 0.15) is 19.4 Å². The first-order valence-electron chi connectivity index (χ1n) is 7.91. The maximum Gasteiger partial charge on any atom is 0.330 e. The molecular formula is C18H28NO3+.